The lowest BCUT2D eigenvalue weighted by molar-refractivity contribution is 0.157. The van der Waals surface area contributed by atoms with Crippen LogP contribution in [0.2, 0.25) is 0 Å². The van der Waals surface area contributed by atoms with Crippen molar-refractivity contribution < 1.29 is 4.74 Å². The van der Waals surface area contributed by atoms with Gasteiger partial charge in [0.1, 0.15) is 0 Å². The van der Waals surface area contributed by atoms with Crippen molar-refractivity contribution in [3.63, 3.8) is 0 Å². The molecule has 0 saturated carbocycles. The van der Waals surface area contributed by atoms with Gasteiger partial charge in [-0.1, -0.05) is 44.2 Å². The van der Waals surface area contributed by atoms with Gasteiger partial charge in [-0.25, -0.2) is 0 Å². The van der Waals surface area contributed by atoms with Gasteiger partial charge in [-0.05, 0) is 37.3 Å². The minimum atomic E-state index is 0.716. The summed E-state index contributed by atoms with van der Waals surface area (Å²) >= 11 is 1.90. The van der Waals surface area contributed by atoms with Crippen LogP contribution in [0, 0.1) is 0 Å². The van der Waals surface area contributed by atoms with Gasteiger partial charge >= 0.3 is 0 Å². The summed E-state index contributed by atoms with van der Waals surface area (Å²) in [6.07, 6.45) is 2.24. The van der Waals surface area contributed by atoms with E-state index in [0.717, 1.165) is 25.0 Å². The van der Waals surface area contributed by atoms with Crippen molar-refractivity contribution in [1.82, 2.24) is 0 Å². The second-order valence-electron chi connectivity index (χ2n) is 4.61. The molecule has 104 valence electrons. The molecule has 0 aliphatic carbocycles. The first-order chi connectivity index (χ1) is 9.17. The molecular weight excluding hydrogens is 252 g/mol. The molecule has 0 amide bonds. The van der Waals surface area contributed by atoms with E-state index >= 15 is 0 Å². The van der Waals surface area contributed by atoms with Crippen molar-refractivity contribution in [2.24, 2.45) is 0 Å². The Morgan fingerprint density at radius 3 is 2.58 bits per heavy atom. The number of hydrogen-bond acceptors (Lipinski definition) is 2. The van der Waals surface area contributed by atoms with Gasteiger partial charge in [0.25, 0.3) is 0 Å². The first kappa shape index (κ1) is 15.9. The summed E-state index contributed by atoms with van der Waals surface area (Å²) < 4.78 is 6.55. The normalized spacial score (nSPS) is 10.1. The molecule has 1 nitrogen and oxygen atoms in total. The highest BCUT2D eigenvalue weighted by Crippen LogP contribution is 2.25. The smallest absolute Gasteiger partial charge is 0.0671 e. The first-order valence-corrected chi connectivity index (χ1v) is 7.68. The van der Waals surface area contributed by atoms with E-state index in [0.29, 0.717) is 6.61 Å². The van der Waals surface area contributed by atoms with Crippen LogP contribution in [0.1, 0.15) is 32.1 Å². The second-order valence-corrected chi connectivity index (χ2v) is 5.78. The fourth-order valence-electron chi connectivity index (χ4n) is 1.60. The summed E-state index contributed by atoms with van der Waals surface area (Å²) in [5.41, 5.74) is 1.10. The van der Waals surface area contributed by atoms with E-state index in [1.807, 2.05) is 18.3 Å². The standard InChI is InChI=1S/C10H10S.C7H14O/c1-2-9-7-8-5-3-4-6-10(8)11-9;1-4-5-8-6-7(2)3/h3-7H,2H2,1H3;2,4-6H2,1,3H3. The largest absolute Gasteiger partial charge is 0.377 e. The number of thiophene rings is 1. The Hall–Kier alpha value is -1.12. The molecule has 0 atom stereocenters. The summed E-state index contributed by atoms with van der Waals surface area (Å²) in [7, 11) is 0. The highest BCUT2D eigenvalue weighted by molar-refractivity contribution is 7.19. The van der Waals surface area contributed by atoms with Crippen LogP contribution < -0.4 is 0 Å². The Morgan fingerprint density at radius 2 is 2.00 bits per heavy atom. The average molecular weight is 276 g/mol. The van der Waals surface area contributed by atoms with Gasteiger partial charge in [0.2, 0.25) is 0 Å². The van der Waals surface area contributed by atoms with Crippen LogP contribution in [0.5, 0.6) is 0 Å². The number of rotatable bonds is 5. The topological polar surface area (TPSA) is 9.23 Å². The zero-order valence-electron chi connectivity index (χ0n) is 12.2. The molecule has 1 heterocycles. The minimum Gasteiger partial charge on any atom is -0.377 e. The fourth-order valence-corrected chi connectivity index (χ4v) is 2.61. The van der Waals surface area contributed by atoms with E-state index in [9.17, 15) is 0 Å². The van der Waals surface area contributed by atoms with Gasteiger partial charge in [0.15, 0.2) is 0 Å². The summed E-state index contributed by atoms with van der Waals surface area (Å²) in [6.45, 7) is 11.5. The molecule has 0 unspecified atom stereocenters. The van der Waals surface area contributed by atoms with Gasteiger partial charge in [-0.2, -0.15) is 0 Å². The molecule has 2 aromatic rings. The van der Waals surface area contributed by atoms with E-state index < -0.39 is 0 Å². The van der Waals surface area contributed by atoms with E-state index in [2.05, 4.69) is 50.8 Å². The van der Waals surface area contributed by atoms with Crippen molar-refractivity contribution in [1.29, 1.82) is 0 Å². The maximum atomic E-state index is 5.14. The van der Waals surface area contributed by atoms with Crippen LogP contribution in [0.3, 0.4) is 0 Å². The van der Waals surface area contributed by atoms with Crippen molar-refractivity contribution in [3.8, 4) is 0 Å². The predicted octanol–water partition coefficient (Wildman–Crippen LogP) is 5.45. The van der Waals surface area contributed by atoms with Gasteiger partial charge in [0.05, 0.1) is 6.61 Å². The van der Waals surface area contributed by atoms with Crippen LogP contribution in [-0.4, -0.2) is 13.2 Å². The summed E-state index contributed by atoms with van der Waals surface area (Å²) in [5.74, 6) is 0. The molecule has 2 rings (SSSR count). The van der Waals surface area contributed by atoms with E-state index in [-0.39, 0.29) is 0 Å². The second kappa shape index (κ2) is 8.89. The predicted molar refractivity (Wildman–Crippen MR) is 87.1 cm³/mol. The van der Waals surface area contributed by atoms with E-state index in [4.69, 9.17) is 4.74 Å². The van der Waals surface area contributed by atoms with Crippen molar-refractivity contribution in [2.45, 2.75) is 33.6 Å². The third kappa shape index (κ3) is 6.04. The van der Waals surface area contributed by atoms with Crippen molar-refractivity contribution in [2.75, 3.05) is 13.2 Å². The number of aryl methyl sites for hydroxylation is 1. The molecule has 0 saturated heterocycles. The monoisotopic (exact) mass is 276 g/mol. The summed E-state index contributed by atoms with van der Waals surface area (Å²) in [6, 6.07) is 10.8. The van der Waals surface area contributed by atoms with Crippen molar-refractivity contribution in [3.05, 3.63) is 47.4 Å². The Kier molecular flexibility index (Phi) is 7.46. The molecule has 0 radical (unpaired) electrons. The number of benzene rings is 1. The van der Waals surface area contributed by atoms with Gasteiger partial charge in [-0.3, -0.25) is 0 Å². The molecule has 0 N–H and O–H groups in total. The number of fused-ring (bicyclic) bond motifs is 1. The van der Waals surface area contributed by atoms with Crippen LogP contribution in [0.15, 0.2) is 42.5 Å². The summed E-state index contributed by atoms with van der Waals surface area (Å²) in [5, 5.41) is 1.38. The first-order valence-electron chi connectivity index (χ1n) is 6.87. The van der Waals surface area contributed by atoms with Crippen LogP contribution >= 0.6 is 11.3 Å². The maximum Gasteiger partial charge on any atom is 0.0671 e. The number of hydrogen-bond donors (Lipinski definition) is 0. The van der Waals surface area contributed by atoms with Crippen LogP contribution in [0.25, 0.3) is 10.1 Å². The van der Waals surface area contributed by atoms with E-state index in [1.165, 1.54) is 15.0 Å². The molecule has 19 heavy (non-hydrogen) atoms. The molecule has 0 aliphatic heterocycles. The van der Waals surface area contributed by atoms with Gasteiger partial charge in [0, 0.05) is 16.2 Å². The summed E-state index contributed by atoms with van der Waals surface area (Å²) in [4.78, 5) is 1.48. The molecular formula is C17H24OS. The molecule has 1 aromatic carbocycles. The maximum absolute atomic E-state index is 5.14. The third-order valence-electron chi connectivity index (χ3n) is 2.52. The molecule has 0 aliphatic rings. The zero-order valence-corrected chi connectivity index (χ0v) is 13.1. The zero-order chi connectivity index (χ0) is 14.1. The lowest BCUT2D eigenvalue weighted by atomic mass is 10.2. The molecule has 0 fully saturated rings. The number of ether oxygens (including phenoxy) is 1. The average Bonchev–Trinajstić information content (AvgIpc) is 2.82. The molecule has 2 heteroatoms. The Labute approximate surface area is 120 Å². The molecule has 0 bridgehead atoms. The Morgan fingerprint density at radius 1 is 1.26 bits per heavy atom. The highest BCUT2D eigenvalue weighted by Gasteiger charge is 1.96. The van der Waals surface area contributed by atoms with Crippen molar-refractivity contribution >= 4 is 21.4 Å². The van der Waals surface area contributed by atoms with Gasteiger partial charge < -0.3 is 4.74 Å². The Bertz CT molecular complexity index is 466. The quantitative estimate of drug-likeness (QED) is 0.521. The Balaban J connectivity index is 0.000000203. The van der Waals surface area contributed by atoms with E-state index in [1.54, 1.807) is 0 Å². The van der Waals surface area contributed by atoms with Crippen LogP contribution in [0.4, 0.5) is 0 Å². The third-order valence-corrected chi connectivity index (χ3v) is 3.78. The fraction of sp³-hybridized carbons (Fsp3) is 0.412. The lowest BCUT2D eigenvalue weighted by Gasteiger charge is -1.98. The molecule has 1 aromatic heterocycles. The molecule has 0 spiro atoms. The lowest BCUT2D eigenvalue weighted by Crippen LogP contribution is -1.94. The van der Waals surface area contributed by atoms with Crippen LogP contribution in [-0.2, 0) is 11.2 Å². The highest BCUT2D eigenvalue weighted by atomic mass is 32.1. The minimum absolute atomic E-state index is 0.716. The SMILES string of the molecule is C=C(C)COCCC.CCc1cc2ccccc2s1. The van der Waals surface area contributed by atoms with Gasteiger partial charge in [-0.15, -0.1) is 11.3 Å².